The lowest BCUT2D eigenvalue weighted by molar-refractivity contribution is 0.703. The van der Waals surface area contributed by atoms with Gasteiger partial charge in [-0.3, -0.25) is 0 Å². The van der Waals surface area contributed by atoms with Crippen molar-refractivity contribution in [3.05, 3.63) is 18.6 Å². The normalized spacial score (nSPS) is 9.30. The molecule has 0 aliphatic heterocycles. The molecule has 0 amide bonds. The average Bonchev–Trinajstić information content (AvgIpc) is 1.99. The predicted molar refractivity (Wildman–Crippen MR) is 43.2 cm³/mol. The van der Waals surface area contributed by atoms with Gasteiger partial charge in [-0.25, -0.2) is 0 Å². The minimum absolute atomic E-state index is 0.813. The fourth-order valence-electron chi connectivity index (χ4n) is 0.769. The van der Waals surface area contributed by atoms with Gasteiger partial charge in [-0.05, 0) is 6.42 Å². The Kier molecular flexibility index (Phi) is 5.86. The lowest BCUT2D eigenvalue weighted by Gasteiger charge is -1.98. The number of nitrogens with zero attached hydrogens (tertiary/aromatic N) is 1. The Morgan fingerprint density at radius 1 is 1.60 bits per heavy atom. The quantitative estimate of drug-likeness (QED) is 0.533. The maximum Gasteiger partial charge on any atom is 0.0971 e. The van der Waals surface area contributed by atoms with Gasteiger partial charge < -0.3 is 0 Å². The van der Waals surface area contributed by atoms with E-state index in [2.05, 4.69) is 19.6 Å². The summed E-state index contributed by atoms with van der Waals surface area (Å²) in [5.41, 5.74) is 0. The Morgan fingerprint density at radius 3 is 2.70 bits per heavy atom. The highest BCUT2D eigenvalue weighted by Gasteiger charge is 2.00. The van der Waals surface area contributed by atoms with E-state index in [1.165, 1.54) is 12.8 Å². The summed E-state index contributed by atoms with van der Waals surface area (Å²) in [5, 5.41) is 8.47. The van der Waals surface area contributed by atoms with Crippen LogP contribution in [0.2, 0.25) is 0 Å². The summed E-state index contributed by atoms with van der Waals surface area (Å²) >= 11 is 0. The van der Waals surface area contributed by atoms with E-state index < -0.39 is 0 Å². The molecule has 1 heteroatoms. The van der Waals surface area contributed by atoms with Crippen LogP contribution in [0.25, 0.3) is 0 Å². The third-order valence-electron chi connectivity index (χ3n) is 1.44. The molecule has 55 valence electrons. The molecule has 0 aliphatic rings. The molecule has 0 unspecified atom stereocenters. The smallest absolute Gasteiger partial charge is 0.0971 e. The first-order chi connectivity index (χ1) is 4.85. The lowest BCUT2D eigenvalue weighted by Crippen LogP contribution is -1.87. The van der Waals surface area contributed by atoms with Gasteiger partial charge in [0.05, 0.1) is 12.0 Å². The van der Waals surface area contributed by atoms with Crippen molar-refractivity contribution >= 4 is 0 Å². The molecule has 1 nitrogen and oxygen atoms in total. The van der Waals surface area contributed by atoms with E-state index in [-0.39, 0.29) is 0 Å². The largest absolute Gasteiger partial charge is 0.197 e. The van der Waals surface area contributed by atoms with Gasteiger partial charge in [-0.15, -0.1) is 6.58 Å². The van der Waals surface area contributed by atoms with Gasteiger partial charge >= 0.3 is 0 Å². The SMILES string of the molecule is C=C[C](C#N)CCCCC. The van der Waals surface area contributed by atoms with Crippen LogP contribution in [0, 0.1) is 17.2 Å². The van der Waals surface area contributed by atoms with Crippen molar-refractivity contribution in [2.75, 3.05) is 0 Å². The van der Waals surface area contributed by atoms with Crippen LogP contribution in [-0.4, -0.2) is 0 Å². The zero-order valence-corrected chi connectivity index (χ0v) is 6.56. The van der Waals surface area contributed by atoms with Crippen molar-refractivity contribution < 1.29 is 0 Å². The van der Waals surface area contributed by atoms with Crippen LogP contribution in [0.3, 0.4) is 0 Å². The second-order valence-electron chi connectivity index (χ2n) is 2.30. The molecule has 0 bridgehead atoms. The Morgan fingerprint density at radius 2 is 2.30 bits per heavy atom. The van der Waals surface area contributed by atoms with E-state index in [0.29, 0.717) is 0 Å². The van der Waals surface area contributed by atoms with Crippen LogP contribution < -0.4 is 0 Å². The Hall–Kier alpha value is -0.770. The average molecular weight is 136 g/mol. The minimum atomic E-state index is 0.813. The van der Waals surface area contributed by atoms with Gasteiger partial charge in [-0.1, -0.05) is 32.3 Å². The molecular weight excluding hydrogens is 122 g/mol. The maximum absolute atomic E-state index is 8.47. The topological polar surface area (TPSA) is 23.8 Å². The first-order valence-electron chi connectivity index (χ1n) is 3.73. The predicted octanol–water partition coefficient (Wildman–Crippen LogP) is 2.85. The fourth-order valence-corrected chi connectivity index (χ4v) is 0.769. The molecule has 0 aromatic carbocycles. The molecule has 0 aromatic rings. The molecule has 0 spiro atoms. The summed E-state index contributed by atoms with van der Waals surface area (Å²) in [4.78, 5) is 0. The summed E-state index contributed by atoms with van der Waals surface area (Å²) in [6.07, 6.45) is 6.07. The van der Waals surface area contributed by atoms with E-state index >= 15 is 0 Å². The third-order valence-corrected chi connectivity index (χ3v) is 1.44. The van der Waals surface area contributed by atoms with Gasteiger partial charge in [-0.2, -0.15) is 5.26 Å². The van der Waals surface area contributed by atoms with E-state index in [1.807, 2.05) is 0 Å². The minimum Gasteiger partial charge on any atom is -0.197 e. The summed E-state index contributed by atoms with van der Waals surface area (Å²) in [7, 11) is 0. The molecule has 0 fully saturated rings. The summed E-state index contributed by atoms with van der Waals surface area (Å²) in [6, 6.07) is 2.11. The van der Waals surface area contributed by atoms with Crippen LogP contribution in [-0.2, 0) is 0 Å². The van der Waals surface area contributed by atoms with E-state index in [9.17, 15) is 0 Å². The van der Waals surface area contributed by atoms with Gasteiger partial charge in [0, 0.05) is 0 Å². The summed E-state index contributed by atoms with van der Waals surface area (Å²) < 4.78 is 0. The lowest BCUT2D eigenvalue weighted by atomic mass is 10.0. The maximum atomic E-state index is 8.47. The first-order valence-corrected chi connectivity index (χ1v) is 3.73. The standard InChI is InChI=1S/C9H14N/c1-3-5-6-7-9(4-2)8-10/h4H,2-3,5-7H2,1H3. The van der Waals surface area contributed by atoms with Crippen molar-refractivity contribution in [1.82, 2.24) is 0 Å². The molecule has 0 aliphatic carbocycles. The fraction of sp³-hybridized carbons (Fsp3) is 0.556. The van der Waals surface area contributed by atoms with Crippen molar-refractivity contribution in [1.29, 1.82) is 5.26 Å². The highest BCUT2D eigenvalue weighted by Crippen LogP contribution is 2.11. The highest BCUT2D eigenvalue weighted by atomic mass is 14.3. The van der Waals surface area contributed by atoms with Crippen molar-refractivity contribution in [3.8, 4) is 6.07 Å². The van der Waals surface area contributed by atoms with Crippen LogP contribution in [0.5, 0.6) is 0 Å². The molecule has 0 N–H and O–H groups in total. The Bertz CT molecular complexity index is 121. The summed E-state index contributed by atoms with van der Waals surface area (Å²) in [6.45, 7) is 5.70. The van der Waals surface area contributed by atoms with Gasteiger partial charge in [0.15, 0.2) is 0 Å². The molecule has 0 saturated carbocycles. The van der Waals surface area contributed by atoms with Crippen LogP contribution in [0.15, 0.2) is 12.7 Å². The molecule has 0 saturated heterocycles. The molecule has 10 heavy (non-hydrogen) atoms. The molecule has 0 aromatic heterocycles. The molecular formula is C9H14N. The van der Waals surface area contributed by atoms with Crippen molar-refractivity contribution in [3.63, 3.8) is 0 Å². The van der Waals surface area contributed by atoms with Crippen molar-refractivity contribution in [2.45, 2.75) is 32.6 Å². The highest BCUT2D eigenvalue weighted by molar-refractivity contribution is 5.21. The summed E-state index contributed by atoms with van der Waals surface area (Å²) in [5.74, 6) is 0.813. The van der Waals surface area contributed by atoms with Gasteiger partial charge in [0.25, 0.3) is 0 Å². The zero-order valence-electron chi connectivity index (χ0n) is 6.56. The number of hydrogen-bond acceptors (Lipinski definition) is 1. The van der Waals surface area contributed by atoms with Gasteiger partial charge in [0.1, 0.15) is 0 Å². The molecule has 0 rings (SSSR count). The second kappa shape index (κ2) is 6.35. The van der Waals surface area contributed by atoms with Crippen molar-refractivity contribution in [2.24, 2.45) is 0 Å². The Balaban J connectivity index is 3.28. The number of allylic oxidation sites excluding steroid dienone is 1. The molecule has 1 radical (unpaired) electrons. The van der Waals surface area contributed by atoms with Crippen LogP contribution >= 0.6 is 0 Å². The number of unbranched alkanes of at least 4 members (excludes halogenated alkanes) is 2. The first kappa shape index (κ1) is 9.23. The Labute approximate surface area is 63.4 Å². The van der Waals surface area contributed by atoms with E-state index in [4.69, 9.17) is 5.26 Å². The number of nitriles is 1. The molecule has 0 heterocycles. The van der Waals surface area contributed by atoms with Crippen LogP contribution in [0.1, 0.15) is 32.6 Å². The second-order valence-corrected chi connectivity index (χ2v) is 2.30. The van der Waals surface area contributed by atoms with Crippen LogP contribution in [0.4, 0.5) is 0 Å². The van der Waals surface area contributed by atoms with Gasteiger partial charge in [0.2, 0.25) is 0 Å². The van der Waals surface area contributed by atoms with E-state index in [0.717, 1.165) is 18.8 Å². The number of rotatable bonds is 5. The monoisotopic (exact) mass is 136 g/mol. The number of hydrogen-bond donors (Lipinski definition) is 0. The van der Waals surface area contributed by atoms with E-state index in [1.54, 1.807) is 6.08 Å². The molecule has 0 atom stereocenters. The third kappa shape index (κ3) is 4.14. The zero-order chi connectivity index (χ0) is 7.82.